The van der Waals surface area contributed by atoms with Gasteiger partial charge >= 0.3 is 0 Å². The Morgan fingerprint density at radius 3 is 2.68 bits per heavy atom. The molecule has 19 heavy (non-hydrogen) atoms. The molecule has 0 bridgehead atoms. The van der Waals surface area contributed by atoms with Crippen LogP contribution in [0.2, 0.25) is 0 Å². The predicted octanol–water partition coefficient (Wildman–Crippen LogP) is 3.30. The number of benzene rings is 2. The highest BCUT2D eigenvalue weighted by Gasteiger charge is 2.11. The number of aromatic hydroxyl groups is 1. The van der Waals surface area contributed by atoms with Crippen molar-refractivity contribution >= 4 is 33.2 Å². The number of anilines is 2. The molecule has 0 atom stereocenters. The lowest BCUT2D eigenvalue weighted by Gasteiger charge is -2.10. The van der Waals surface area contributed by atoms with E-state index in [1.807, 2.05) is 0 Å². The summed E-state index contributed by atoms with van der Waals surface area (Å²) in [6, 6.07) is 9.80. The Morgan fingerprint density at radius 1 is 1.26 bits per heavy atom. The van der Waals surface area contributed by atoms with E-state index in [4.69, 9.17) is 5.73 Å². The molecule has 0 aliphatic heterocycles. The van der Waals surface area contributed by atoms with Crippen LogP contribution in [0.3, 0.4) is 0 Å². The van der Waals surface area contributed by atoms with Crippen molar-refractivity contribution in [3.63, 3.8) is 0 Å². The number of nitrogen functional groups attached to an aromatic ring is 1. The Morgan fingerprint density at radius 2 is 2.00 bits per heavy atom. The minimum absolute atomic E-state index is 0.138. The van der Waals surface area contributed by atoms with E-state index in [0.717, 1.165) is 4.47 Å². The smallest absolute Gasteiger partial charge is 0.255 e. The van der Waals surface area contributed by atoms with Gasteiger partial charge in [-0.2, -0.15) is 0 Å². The summed E-state index contributed by atoms with van der Waals surface area (Å²) in [4.78, 5) is 12.2. The highest BCUT2D eigenvalue weighted by Crippen LogP contribution is 2.26. The molecule has 2 rings (SSSR count). The van der Waals surface area contributed by atoms with Gasteiger partial charge in [-0.1, -0.05) is 0 Å². The largest absolute Gasteiger partial charge is 0.508 e. The van der Waals surface area contributed by atoms with Gasteiger partial charge in [-0.25, -0.2) is 0 Å². The Labute approximate surface area is 119 Å². The van der Waals surface area contributed by atoms with Crippen LogP contribution in [0.1, 0.15) is 15.9 Å². The zero-order chi connectivity index (χ0) is 14.0. The van der Waals surface area contributed by atoms with Crippen molar-refractivity contribution in [2.24, 2.45) is 0 Å². The molecule has 0 aliphatic rings. The van der Waals surface area contributed by atoms with E-state index in [1.165, 1.54) is 6.07 Å². The minimum atomic E-state index is -0.246. The molecule has 2 aromatic rings. The zero-order valence-electron chi connectivity index (χ0n) is 10.3. The van der Waals surface area contributed by atoms with Gasteiger partial charge in [-0.15, -0.1) is 0 Å². The quantitative estimate of drug-likeness (QED) is 0.743. The van der Waals surface area contributed by atoms with E-state index < -0.39 is 0 Å². The van der Waals surface area contributed by atoms with E-state index in [9.17, 15) is 9.90 Å². The summed E-state index contributed by atoms with van der Waals surface area (Å²) in [5, 5.41) is 12.1. The summed E-state index contributed by atoms with van der Waals surface area (Å²) in [6.07, 6.45) is 0. The third-order valence-corrected chi connectivity index (χ3v) is 3.38. The molecule has 0 aromatic heterocycles. The van der Waals surface area contributed by atoms with Crippen LogP contribution >= 0.6 is 15.9 Å². The molecule has 98 valence electrons. The number of nitrogens with two attached hydrogens (primary N) is 1. The van der Waals surface area contributed by atoms with Gasteiger partial charge in [0.25, 0.3) is 5.91 Å². The van der Waals surface area contributed by atoms with Crippen LogP contribution in [-0.4, -0.2) is 11.0 Å². The van der Waals surface area contributed by atoms with Crippen LogP contribution in [0.5, 0.6) is 5.75 Å². The average molecular weight is 321 g/mol. The molecule has 4 N–H and O–H groups in total. The summed E-state index contributed by atoms with van der Waals surface area (Å²) in [5.74, 6) is -0.108. The Balaban J connectivity index is 2.28. The van der Waals surface area contributed by atoms with Crippen molar-refractivity contribution < 1.29 is 9.90 Å². The third-order valence-electron chi connectivity index (χ3n) is 2.69. The normalized spacial score (nSPS) is 10.2. The maximum atomic E-state index is 12.2. The predicted molar refractivity (Wildman–Crippen MR) is 79.4 cm³/mol. The number of aryl methyl sites for hydroxylation is 1. The van der Waals surface area contributed by atoms with Crippen molar-refractivity contribution in [2.45, 2.75) is 6.92 Å². The lowest BCUT2D eigenvalue weighted by Crippen LogP contribution is -2.13. The van der Waals surface area contributed by atoms with Crippen LogP contribution < -0.4 is 11.1 Å². The van der Waals surface area contributed by atoms with Gasteiger partial charge in [-0.05, 0) is 64.8 Å². The fourth-order valence-corrected chi connectivity index (χ4v) is 2.08. The molecule has 0 heterocycles. The minimum Gasteiger partial charge on any atom is -0.508 e. The number of hydrogen-bond acceptors (Lipinski definition) is 3. The fraction of sp³-hybridized carbons (Fsp3) is 0.0714. The van der Waals surface area contributed by atoms with Gasteiger partial charge in [0.05, 0.1) is 5.69 Å². The van der Waals surface area contributed by atoms with Crippen molar-refractivity contribution in [3.8, 4) is 5.75 Å². The number of phenols is 1. The molecule has 2 aromatic carbocycles. The first-order valence-electron chi connectivity index (χ1n) is 5.63. The topological polar surface area (TPSA) is 75.3 Å². The van der Waals surface area contributed by atoms with Crippen LogP contribution in [0, 0.1) is 6.92 Å². The fourth-order valence-electron chi connectivity index (χ4n) is 1.73. The number of hydrogen-bond donors (Lipinski definition) is 3. The van der Waals surface area contributed by atoms with E-state index in [1.54, 1.807) is 37.3 Å². The highest BCUT2D eigenvalue weighted by molar-refractivity contribution is 9.10. The SMILES string of the molecule is Cc1cc(O)ccc1C(=O)Nc1cc(N)ccc1Br. The number of carbonyl (C=O) groups excluding carboxylic acids is 1. The molecular weight excluding hydrogens is 308 g/mol. The Hall–Kier alpha value is -2.01. The summed E-state index contributed by atoms with van der Waals surface area (Å²) in [6.45, 7) is 1.77. The van der Waals surface area contributed by atoms with Gasteiger partial charge in [0, 0.05) is 15.7 Å². The van der Waals surface area contributed by atoms with Gasteiger partial charge in [0.2, 0.25) is 0 Å². The second-order valence-corrected chi connectivity index (χ2v) is 5.05. The molecule has 4 nitrogen and oxygen atoms in total. The van der Waals surface area contributed by atoms with Gasteiger partial charge in [0.1, 0.15) is 5.75 Å². The average Bonchev–Trinajstić information content (AvgIpc) is 2.33. The summed E-state index contributed by atoms with van der Waals surface area (Å²) in [7, 11) is 0. The van der Waals surface area contributed by atoms with Crippen molar-refractivity contribution in [3.05, 3.63) is 52.0 Å². The first kappa shape index (κ1) is 13.4. The third kappa shape index (κ3) is 3.06. The zero-order valence-corrected chi connectivity index (χ0v) is 11.9. The number of amides is 1. The molecule has 0 saturated heterocycles. The van der Waals surface area contributed by atoms with E-state index in [2.05, 4.69) is 21.2 Å². The van der Waals surface area contributed by atoms with Gasteiger partial charge in [-0.3, -0.25) is 4.79 Å². The number of rotatable bonds is 2. The number of halogens is 1. The standard InChI is InChI=1S/C14H13BrN2O2/c1-8-6-10(18)3-4-11(8)14(19)17-13-7-9(16)2-5-12(13)15/h2-7,18H,16H2,1H3,(H,17,19). The van der Waals surface area contributed by atoms with Crippen molar-refractivity contribution in [1.29, 1.82) is 0 Å². The number of nitrogens with one attached hydrogen (secondary N) is 1. The first-order valence-corrected chi connectivity index (χ1v) is 6.42. The Bertz CT molecular complexity index is 641. The second kappa shape index (κ2) is 5.32. The van der Waals surface area contributed by atoms with E-state index in [-0.39, 0.29) is 11.7 Å². The summed E-state index contributed by atoms with van der Waals surface area (Å²) in [5.41, 5.74) is 8.08. The van der Waals surface area contributed by atoms with Gasteiger partial charge in [0.15, 0.2) is 0 Å². The highest BCUT2D eigenvalue weighted by atomic mass is 79.9. The molecule has 5 heteroatoms. The van der Waals surface area contributed by atoms with Crippen molar-refractivity contribution in [2.75, 3.05) is 11.1 Å². The second-order valence-electron chi connectivity index (χ2n) is 4.19. The first-order chi connectivity index (χ1) is 8.97. The molecule has 0 fully saturated rings. The lowest BCUT2D eigenvalue weighted by molar-refractivity contribution is 0.102. The molecule has 0 spiro atoms. The number of carbonyl (C=O) groups is 1. The monoisotopic (exact) mass is 320 g/mol. The molecular formula is C14H13BrN2O2. The summed E-state index contributed by atoms with van der Waals surface area (Å²) < 4.78 is 0.756. The van der Waals surface area contributed by atoms with E-state index >= 15 is 0 Å². The van der Waals surface area contributed by atoms with Crippen molar-refractivity contribution in [1.82, 2.24) is 0 Å². The van der Waals surface area contributed by atoms with Crippen LogP contribution in [0.4, 0.5) is 11.4 Å². The molecule has 0 unspecified atom stereocenters. The number of phenolic OH excluding ortho intramolecular Hbond substituents is 1. The van der Waals surface area contributed by atoms with E-state index in [0.29, 0.717) is 22.5 Å². The maximum Gasteiger partial charge on any atom is 0.255 e. The lowest BCUT2D eigenvalue weighted by atomic mass is 10.1. The van der Waals surface area contributed by atoms with Crippen LogP contribution in [0.25, 0.3) is 0 Å². The Kier molecular flexibility index (Phi) is 3.76. The maximum absolute atomic E-state index is 12.2. The summed E-state index contributed by atoms with van der Waals surface area (Å²) >= 11 is 3.35. The van der Waals surface area contributed by atoms with Gasteiger partial charge < -0.3 is 16.2 Å². The van der Waals surface area contributed by atoms with Crippen LogP contribution in [0.15, 0.2) is 40.9 Å². The van der Waals surface area contributed by atoms with Crippen LogP contribution in [-0.2, 0) is 0 Å². The molecule has 0 saturated carbocycles. The molecule has 0 radical (unpaired) electrons. The molecule has 1 amide bonds. The molecule has 0 aliphatic carbocycles.